The number of carbonyl (C=O) groups excluding carboxylic acids is 2. The van der Waals surface area contributed by atoms with Crippen molar-refractivity contribution < 1.29 is 9.59 Å². The Balaban J connectivity index is 2.20. The van der Waals surface area contributed by atoms with Crippen LogP contribution in [0.1, 0.15) is 37.0 Å². The predicted octanol–water partition coefficient (Wildman–Crippen LogP) is 4.13. The van der Waals surface area contributed by atoms with E-state index < -0.39 is 6.04 Å². The lowest BCUT2D eigenvalue weighted by atomic mass is 10.1. The van der Waals surface area contributed by atoms with Gasteiger partial charge in [0.1, 0.15) is 6.04 Å². The lowest BCUT2D eigenvalue weighted by Crippen LogP contribution is -2.48. The maximum Gasteiger partial charge on any atom is 0.242 e. The van der Waals surface area contributed by atoms with E-state index in [1.54, 1.807) is 17.9 Å². The van der Waals surface area contributed by atoms with Crippen LogP contribution in [-0.2, 0) is 22.6 Å². The van der Waals surface area contributed by atoms with E-state index in [1.807, 2.05) is 56.3 Å². The molecule has 144 valence electrons. The van der Waals surface area contributed by atoms with Gasteiger partial charge in [0.15, 0.2) is 0 Å². The highest BCUT2D eigenvalue weighted by Gasteiger charge is 2.26. The highest BCUT2D eigenvalue weighted by Crippen LogP contribution is 2.16. The van der Waals surface area contributed by atoms with Crippen LogP contribution in [0.2, 0.25) is 5.02 Å². The van der Waals surface area contributed by atoms with Crippen LogP contribution >= 0.6 is 11.6 Å². The molecule has 4 nitrogen and oxygen atoms in total. The van der Waals surface area contributed by atoms with Crippen molar-refractivity contribution >= 4 is 23.4 Å². The molecule has 2 amide bonds. The zero-order chi connectivity index (χ0) is 19.8. The maximum atomic E-state index is 13.0. The smallest absolute Gasteiger partial charge is 0.242 e. The minimum absolute atomic E-state index is 0.0852. The van der Waals surface area contributed by atoms with Gasteiger partial charge < -0.3 is 10.2 Å². The van der Waals surface area contributed by atoms with E-state index in [4.69, 9.17) is 11.6 Å². The molecule has 0 fully saturated rings. The fourth-order valence-corrected chi connectivity index (χ4v) is 3.01. The molecule has 0 saturated carbocycles. The molecule has 0 aromatic heterocycles. The van der Waals surface area contributed by atoms with E-state index in [9.17, 15) is 9.59 Å². The highest BCUT2D eigenvalue weighted by atomic mass is 35.5. The molecule has 27 heavy (non-hydrogen) atoms. The molecule has 5 heteroatoms. The third kappa shape index (κ3) is 6.40. The molecule has 0 spiro atoms. The van der Waals surface area contributed by atoms with Gasteiger partial charge in [-0.2, -0.15) is 0 Å². The second-order valence-corrected chi connectivity index (χ2v) is 7.22. The van der Waals surface area contributed by atoms with Crippen molar-refractivity contribution in [1.82, 2.24) is 10.2 Å². The van der Waals surface area contributed by atoms with Crippen molar-refractivity contribution in [3.63, 3.8) is 0 Å². The van der Waals surface area contributed by atoms with Crippen molar-refractivity contribution in [1.29, 1.82) is 0 Å². The minimum Gasteiger partial charge on any atom is -0.354 e. The van der Waals surface area contributed by atoms with Gasteiger partial charge in [-0.3, -0.25) is 9.59 Å². The normalized spacial score (nSPS) is 11.7. The first-order chi connectivity index (χ1) is 12.9. The Morgan fingerprint density at radius 1 is 1.11 bits per heavy atom. The summed E-state index contributed by atoms with van der Waals surface area (Å²) in [6.07, 6.45) is 1.11. The Kier molecular flexibility index (Phi) is 7.86. The van der Waals surface area contributed by atoms with Crippen molar-refractivity contribution in [3.8, 4) is 0 Å². The minimum atomic E-state index is -0.562. The average molecular weight is 387 g/mol. The number of benzene rings is 2. The molecular weight excluding hydrogens is 360 g/mol. The number of hydrogen-bond donors (Lipinski definition) is 1. The summed E-state index contributed by atoms with van der Waals surface area (Å²) in [5.74, 6) is -0.228. The van der Waals surface area contributed by atoms with Crippen LogP contribution in [-0.4, -0.2) is 29.3 Å². The van der Waals surface area contributed by atoms with Crippen molar-refractivity contribution in [2.45, 2.75) is 46.2 Å². The van der Waals surface area contributed by atoms with E-state index in [0.29, 0.717) is 18.1 Å². The van der Waals surface area contributed by atoms with Crippen LogP contribution in [0, 0.1) is 6.92 Å². The third-order valence-corrected chi connectivity index (χ3v) is 4.67. The summed E-state index contributed by atoms with van der Waals surface area (Å²) < 4.78 is 0. The van der Waals surface area contributed by atoms with Crippen molar-refractivity contribution in [3.05, 3.63) is 70.2 Å². The van der Waals surface area contributed by atoms with E-state index in [2.05, 4.69) is 5.32 Å². The predicted molar refractivity (Wildman–Crippen MR) is 110 cm³/mol. The van der Waals surface area contributed by atoms with Gasteiger partial charge >= 0.3 is 0 Å². The summed E-state index contributed by atoms with van der Waals surface area (Å²) in [6, 6.07) is 14.7. The lowest BCUT2D eigenvalue weighted by Gasteiger charge is -2.29. The van der Waals surface area contributed by atoms with Gasteiger partial charge in [0.05, 0.1) is 6.42 Å². The second-order valence-electron chi connectivity index (χ2n) is 6.78. The summed E-state index contributed by atoms with van der Waals surface area (Å²) in [6.45, 7) is 6.71. The monoisotopic (exact) mass is 386 g/mol. The number of halogens is 1. The molecule has 1 N–H and O–H groups in total. The zero-order valence-corrected chi connectivity index (χ0v) is 16.9. The van der Waals surface area contributed by atoms with Gasteiger partial charge in [-0.25, -0.2) is 0 Å². The first-order valence-electron chi connectivity index (χ1n) is 9.28. The first-order valence-corrected chi connectivity index (χ1v) is 9.65. The second kappa shape index (κ2) is 10.1. The molecule has 0 radical (unpaired) electrons. The molecule has 0 aliphatic carbocycles. The quantitative estimate of drug-likeness (QED) is 0.741. The number of rotatable bonds is 8. The topological polar surface area (TPSA) is 49.4 Å². The average Bonchev–Trinajstić information content (AvgIpc) is 2.65. The molecule has 0 unspecified atom stereocenters. The number of nitrogens with zero attached hydrogens (tertiary/aromatic N) is 1. The van der Waals surface area contributed by atoms with Crippen LogP contribution in [0.5, 0.6) is 0 Å². The fraction of sp³-hybridized carbons (Fsp3) is 0.364. The maximum absolute atomic E-state index is 13.0. The van der Waals surface area contributed by atoms with Crippen LogP contribution in [0.4, 0.5) is 0 Å². The van der Waals surface area contributed by atoms with E-state index in [-0.39, 0.29) is 18.2 Å². The zero-order valence-electron chi connectivity index (χ0n) is 16.2. The molecule has 0 aliphatic rings. The third-order valence-electron chi connectivity index (χ3n) is 4.43. The molecule has 2 aromatic rings. The Morgan fingerprint density at radius 2 is 1.81 bits per heavy atom. The number of amides is 2. The Bertz CT molecular complexity index is 774. The van der Waals surface area contributed by atoms with Gasteiger partial charge in [0, 0.05) is 18.1 Å². The molecular formula is C22H27ClN2O2. The van der Waals surface area contributed by atoms with Crippen molar-refractivity contribution in [2.75, 3.05) is 6.54 Å². The first kappa shape index (κ1) is 21.0. The summed E-state index contributed by atoms with van der Waals surface area (Å²) in [7, 11) is 0. The number of aryl methyl sites for hydroxylation is 1. The summed E-state index contributed by atoms with van der Waals surface area (Å²) in [5.41, 5.74) is 2.98. The van der Waals surface area contributed by atoms with Crippen LogP contribution in [0.15, 0.2) is 48.5 Å². The molecule has 0 aliphatic heterocycles. The lowest BCUT2D eigenvalue weighted by molar-refractivity contribution is -0.140. The largest absolute Gasteiger partial charge is 0.354 e. The molecule has 2 aromatic carbocycles. The van der Waals surface area contributed by atoms with E-state index >= 15 is 0 Å². The molecule has 2 rings (SSSR count). The highest BCUT2D eigenvalue weighted by molar-refractivity contribution is 6.30. The van der Waals surface area contributed by atoms with E-state index in [1.165, 1.54) is 0 Å². The standard InChI is InChI=1S/C22H27ClN2O2/c1-4-12-24-22(27)17(3)25(15-19-6-5-7-20(23)13-19)21(26)14-18-10-8-16(2)9-11-18/h5-11,13,17H,4,12,14-15H2,1-3H3,(H,24,27)/t17-/m1/s1. The Labute approximate surface area is 166 Å². The van der Waals surface area contributed by atoms with Crippen LogP contribution in [0.25, 0.3) is 0 Å². The molecule has 0 heterocycles. The van der Waals surface area contributed by atoms with Gasteiger partial charge in [-0.15, -0.1) is 0 Å². The molecule has 0 saturated heterocycles. The van der Waals surface area contributed by atoms with Gasteiger partial charge in [0.25, 0.3) is 0 Å². The summed E-state index contributed by atoms with van der Waals surface area (Å²) in [4.78, 5) is 27.1. The summed E-state index contributed by atoms with van der Waals surface area (Å²) in [5, 5.41) is 3.49. The summed E-state index contributed by atoms with van der Waals surface area (Å²) >= 11 is 6.08. The molecule has 1 atom stereocenters. The van der Waals surface area contributed by atoms with E-state index in [0.717, 1.165) is 23.1 Å². The van der Waals surface area contributed by atoms with Gasteiger partial charge in [-0.1, -0.05) is 60.5 Å². The Hall–Kier alpha value is -2.33. The Morgan fingerprint density at radius 3 is 2.44 bits per heavy atom. The van der Waals surface area contributed by atoms with Crippen LogP contribution < -0.4 is 5.32 Å². The number of nitrogens with one attached hydrogen (secondary N) is 1. The van der Waals surface area contributed by atoms with Gasteiger partial charge in [0.2, 0.25) is 11.8 Å². The van der Waals surface area contributed by atoms with Crippen molar-refractivity contribution in [2.24, 2.45) is 0 Å². The number of carbonyl (C=O) groups is 2. The van der Waals surface area contributed by atoms with Crippen LogP contribution in [0.3, 0.4) is 0 Å². The fourth-order valence-electron chi connectivity index (χ4n) is 2.79. The number of hydrogen-bond acceptors (Lipinski definition) is 2. The van der Waals surface area contributed by atoms with Gasteiger partial charge in [-0.05, 0) is 43.5 Å². The SMILES string of the molecule is CCCNC(=O)[C@@H](C)N(Cc1cccc(Cl)c1)C(=O)Cc1ccc(C)cc1. The molecule has 0 bridgehead atoms.